The molecule has 8 aromatic rings. The highest BCUT2D eigenvalue weighted by atomic mass is 32.1. The second-order valence-corrected chi connectivity index (χ2v) is 14.6. The van der Waals surface area contributed by atoms with Crippen LogP contribution in [0.25, 0.3) is 66.1 Å². The molecule has 0 unspecified atom stereocenters. The summed E-state index contributed by atoms with van der Waals surface area (Å²) in [5.74, 6) is 0. The van der Waals surface area contributed by atoms with Gasteiger partial charge in [-0.15, -0.1) is 22.7 Å². The SMILES string of the molecule is CC1(C)c2cscc2-n2c3ccc(-c4ccc5c(c4)c4cccc6c4n5-c4cscc4C6(C)C)cc3c3cccc1c32. The summed E-state index contributed by atoms with van der Waals surface area (Å²) in [4.78, 5) is 0. The van der Waals surface area contributed by atoms with Crippen LogP contribution in [0.15, 0.2) is 94.3 Å². The molecule has 0 bridgehead atoms. The molecule has 0 saturated carbocycles. The van der Waals surface area contributed by atoms with Gasteiger partial charge in [0.15, 0.2) is 0 Å². The number of fused-ring (bicyclic) bond motifs is 10. The van der Waals surface area contributed by atoms with Crippen molar-refractivity contribution in [1.29, 1.82) is 0 Å². The Bertz CT molecular complexity index is 2300. The lowest BCUT2D eigenvalue weighted by Crippen LogP contribution is -2.24. The molecule has 4 aromatic heterocycles. The molecule has 0 spiro atoms. The highest BCUT2D eigenvalue weighted by Gasteiger charge is 2.37. The summed E-state index contributed by atoms with van der Waals surface area (Å²) in [6, 6.07) is 27.9. The molecule has 0 fully saturated rings. The zero-order chi connectivity index (χ0) is 28.1. The van der Waals surface area contributed by atoms with Crippen molar-refractivity contribution >= 4 is 66.3 Å². The van der Waals surface area contributed by atoms with Gasteiger partial charge in [0.1, 0.15) is 0 Å². The van der Waals surface area contributed by atoms with Crippen molar-refractivity contribution in [2.45, 2.75) is 38.5 Å². The summed E-state index contributed by atoms with van der Waals surface area (Å²) in [6.45, 7) is 9.48. The van der Waals surface area contributed by atoms with Crippen LogP contribution < -0.4 is 0 Å². The minimum atomic E-state index is -0.0132. The molecule has 0 atom stereocenters. The van der Waals surface area contributed by atoms with Crippen LogP contribution in [0.3, 0.4) is 0 Å². The van der Waals surface area contributed by atoms with E-state index in [1.54, 1.807) is 0 Å². The number of para-hydroxylation sites is 2. The second kappa shape index (κ2) is 7.44. The number of hydrogen-bond donors (Lipinski definition) is 0. The summed E-state index contributed by atoms with van der Waals surface area (Å²) in [6.07, 6.45) is 0. The van der Waals surface area contributed by atoms with Gasteiger partial charge in [0, 0.05) is 43.1 Å². The third-order valence-corrected chi connectivity index (χ3v) is 11.8. The van der Waals surface area contributed by atoms with E-state index in [0.29, 0.717) is 0 Å². The lowest BCUT2D eigenvalue weighted by molar-refractivity contribution is 0.633. The summed E-state index contributed by atoms with van der Waals surface area (Å²) in [7, 11) is 0. The highest BCUT2D eigenvalue weighted by Crippen LogP contribution is 2.51. The van der Waals surface area contributed by atoms with E-state index in [1.807, 2.05) is 22.7 Å². The first-order chi connectivity index (χ1) is 20.4. The van der Waals surface area contributed by atoms with Gasteiger partial charge in [0.05, 0.1) is 33.4 Å². The number of nitrogens with zero attached hydrogens (tertiary/aromatic N) is 2. The van der Waals surface area contributed by atoms with Gasteiger partial charge >= 0.3 is 0 Å². The Labute approximate surface area is 252 Å². The first kappa shape index (κ1) is 23.4. The fraction of sp³-hybridized carbons (Fsp3) is 0.158. The summed E-state index contributed by atoms with van der Waals surface area (Å²) < 4.78 is 5.02. The maximum atomic E-state index is 2.51. The Morgan fingerprint density at radius 3 is 1.38 bits per heavy atom. The van der Waals surface area contributed by atoms with E-state index in [4.69, 9.17) is 0 Å². The molecule has 4 aromatic carbocycles. The maximum absolute atomic E-state index is 2.51. The van der Waals surface area contributed by atoms with E-state index in [-0.39, 0.29) is 10.8 Å². The first-order valence-electron chi connectivity index (χ1n) is 14.7. The van der Waals surface area contributed by atoms with E-state index in [0.717, 1.165) is 0 Å². The average molecular weight is 577 g/mol. The molecular weight excluding hydrogens is 549 g/mol. The van der Waals surface area contributed by atoms with Crippen molar-refractivity contribution in [3.8, 4) is 22.5 Å². The zero-order valence-electron chi connectivity index (χ0n) is 23.9. The van der Waals surface area contributed by atoms with Crippen molar-refractivity contribution < 1.29 is 0 Å². The Morgan fingerprint density at radius 2 is 0.929 bits per heavy atom. The van der Waals surface area contributed by atoms with Crippen LogP contribution in [0.2, 0.25) is 0 Å². The predicted molar refractivity (Wildman–Crippen MR) is 181 cm³/mol. The number of benzene rings is 4. The van der Waals surface area contributed by atoms with Gasteiger partial charge in [-0.05, 0) is 68.4 Å². The van der Waals surface area contributed by atoms with Crippen molar-refractivity contribution in [3.05, 3.63) is 117 Å². The largest absolute Gasteiger partial charge is 0.308 e. The van der Waals surface area contributed by atoms with E-state index in [1.165, 1.54) is 88.4 Å². The van der Waals surface area contributed by atoms with Gasteiger partial charge < -0.3 is 9.13 Å². The van der Waals surface area contributed by atoms with Crippen LogP contribution in [0.5, 0.6) is 0 Å². The summed E-state index contributed by atoms with van der Waals surface area (Å²) in [5.41, 5.74) is 16.1. The lowest BCUT2D eigenvalue weighted by atomic mass is 9.76. The quantitative estimate of drug-likeness (QED) is 0.184. The molecule has 0 amide bonds. The Kier molecular flexibility index (Phi) is 4.15. The summed E-state index contributed by atoms with van der Waals surface area (Å²) >= 11 is 3.62. The average Bonchev–Trinajstić information content (AvgIpc) is 3.78. The monoisotopic (exact) mass is 576 g/mol. The molecule has 2 aliphatic heterocycles. The van der Waals surface area contributed by atoms with Gasteiger partial charge in [-0.1, -0.05) is 76.2 Å². The van der Waals surface area contributed by atoms with Crippen molar-refractivity contribution in [3.63, 3.8) is 0 Å². The molecule has 4 heteroatoms. The predicted octanol–water partition coefficient (Wildman–Crippen LogP) is 10.9. The van der Waals surface area contributed by atoms with Crippen LogP contribution in [0.1, 0.15) is 49.9 Å². The Hall–Kier alpha value is -4.12. The zero-order valence-corrected chi connectivity index (χ0v) is 25.6. The fourth-order valence-corrected chi connectivity index (χ4v) is 10.1. The molecule has 0 N–H and O–H groups in total. The molecule has 0 radical (unpaired) electrons. The number of hydrogen-bond acceptors (Lipinski definition) is 2. The maximum Gasteiger partial charge on any atom is 0.0610 e. The Balaban J connectivity index is 1.24. The van der Waals surface area contributed by atoms with Crippen molar-refractivity contribution in [2.24, 2.45) is 0 Å². The van der Waals surface area contributed by atoms with E-state index in [2.05, 4.69) is 131 Å². The molecule has 2 nitrogen and oxygen atoms in total. The molecular formula is C38H28N2S2. The summed E-state index contributed by atoms with van der Waals surface area (Å²) in [5, 5.41) is 14.7. The molecule has 6 heterocycles. The van der Waals surface area contributed by atoms with Gasteiger partial charge in [0.2, 0.25) is 0 Å². The molecule has 0 saturated heterocycles. The first-order valence-corrected chi connectivity index (χ1v) is 16.5. The smallest absolute Gasteiger partial charge is 0.0610 e. The van der Waals surface area contributed by atoms with Crippen LogP contribution in [-0.4, -0.2) is 9.13 Å². The molecule has 10 rings (SSSR count). The normalized spacial score (nSPS) is 16.0. The fourth-order valence-electron chi connectivity index (χ4n) is 8.16. The van der Waals surface area contributed by atoms with Crippen molar-refractivity contribution in [2.75, 3.05) is 0 Å². The number of aromatic nitrogens is 2. The van der Waals surface area contributed by atoms with E-state index >= 15 is 0 Å². The van der Waals surface area contributed by atoms with Gasteiger partial charge in [0.25, 0.3) is 0 Å². The third-order valence-electron chi connectivity index (χ3n) is 10.4. The lowest BCUT2D eigenvalue weighted by Gasteiger charge is -2.32. The second-order valence-electron chi connectivity index (χ2n) is 13.1. The molecule has 202 valence electrons. The van der Waals surface area contributed by atoms with Gasteiger partial charge in [-0.25, -0.2) is 0 Å². The topological polar surface area (TPSA) is 9.86 Å². The van der Waals surface area contributed by atoms with E-state index in [9.17, 15) is 0 Å². The van der Waals surface area contributed by atoms with E-state index < -0.39 is 0 Å². The molecule has 0 aliphatic carbocycles. The minimum Gasteiger partial charge on any atom is -0.308 e. The standard InChI is InChI=1S/C38H28N2S2/c1-37(2)27-9-5-7-23-25-15-21(11-13-31(25)39(35(23)27)33-19-41-17-29(33)37)22-12-14-32-26(16-22)24-8-6-10-28-36(24)40(32)34-20-42-18-30(34)38(28,3)4/h5-20H,1-4H3. The highest BCUT2D eigenvalue weighted by molar-refractivity contribution is 7.08. The Morgan fingerprint density at radius 1 is 0.476 bits per heavy atom. The number of rotatable bonds is 1. The third kappa shape index (κ3) is 2.59. The minimum absolute atomic E-state index is 0.0132. The number of thiophene rings is 2. The van der Waals surface area contributed by atoms with Crippen molar-refractivity contribution in [1.82, 2.24) is 9.13 Å². The van der Waals surface area contributed by atoms with Gasteiger partial charge in [-0.2, -0.15) is 0 Å². The van der Waals surface area contributed by atoms with Gasteiger partial charge in [-0.3, -0.25) is 0 Å². The van der Waals surface area contributed by atoms with Crippen LogP contribution in [-0.2, 0) is 10.8 Å². The van der Waals surface area contributed by atoms with Crippen LogP contribution >= 0.6 is 22.7 Å². The molecule has 2 aliphatic rings. The van der Waals surface area contributed by atoms with Crippen LogP contribution in [0, 0.1) is 0 Å². The molecule has 42 heavy (non-hydrogen) atoms. The van der Waals surface area contributed by atoms with Crippen LogP contribution in [0.4, 0.5) is 0 Å².